The Bertz CT molecular complexity index is 712. The molecule has 0 bridgehead atoms. The van der Waals surface area contributed by atoms with Crippen LogP contribution < -0.4 is 0 Å². The van der Waals surface area contributed by atoms with Crippen molar-refractivity contribution < 1.29 is 19.0 Å². The van der Waals surface area contributed by atoms with Gasteiger partial charge in [0, 0.05) is 44.1 Å². The summed E-state index contributed by atoms with van der Waals surface area (Å²) in [5, 5.41) is 10.6. The van der Waals surface area contributed by atoms with E-state index in [2.05, 4.69) is 9.88 Å². The Morgan fingerprint density at radius 2 is 2.21 bits per heavy atom. The number of hydrogen-bond acceptors (Lipinski definition) is 4. The molecule has 1 fully saturated rings. The number of likely N-dealkylation sites (N-methyl/N-ethyl adjacent to an activating group) is 1. The minimum absolute atomic E-state index is 0.216. The molecule has 7 heteroatoms. The third-order valence-electron chi connectivity index (χ3n) is 4.25. The summed E-state index contributed by atoms with van der Waals surface area (Å²) in [7, 11) is 1.63. The number of amides is 1. The monoisotopic (exact) mass is 335 g/mol. The molecule has 3 rings (SSSR count). The number of H-pyrrole nitrogens is 1. The van der Waals surface area contributed by atoms with Crippen LogP contribution >= 0.6 is 0 Å². The van der Waals surface area contributed by atoms with Crippen LogP contribution in [0.4, 0.5) is 4.39 Å². The van der Waals surface area contributed by atoms with Crippen molar-refractivity contribution in [3.63, 3.8) is 0 Å². The first-order valence-electron chi connectivity index (χ1n) is 8.05. The lowest BCUT2D eigenvalue weighted by Crippen LogP contribution is -2.45. The molecule has 0 spiro atoms. The Balaban J connectivity index is 1.61. The molecule has 24 heavy (non-hydrogen) atoms. The maximum atomic E-state index is 13.7. The largest absolute Gasteiger partial charge is 0.390 e. The van der Waals surface area contributed by atoms with Gasteiger partial charge in [-0.25, -0.2) is 4.39 Å². The van der Waals surface area contributed by atoms with Crippen LogP contribution in [0.2, 0.25) is 0 Å². The smallest absolute Gasteiger partial charge is 0.270 e. The molecule has 130 valence electrons. The fourth-order valence-corrected chi connectivity index (χ4v) is 2.98. The average Bonchev–Trinajstić information content (AvgIpc) is 3.00. The van der Waals surface area contributed by atoms with Gasteiger partial charge in [0.25, 0.3) is 5.91 Å². The quantitative estimate of drug-likeness (QED) is 0.858. The van der Waals surface area contributed by atoms with Crippen LogP contribution in [-0.2, 0) is 4.74 Å². The van der Waals surface area contributed by atoms with E-state index in [1.54, 1.807) is 19.2 Å². The number of nitrogens with zero attached hydrogens (tertiary/aromatic N) is 2. The van der Waals surface area contributed by atoms with Crippen molar-refractivity contribution in [2.45, 2.75) is 6.10 Å². The number of fused-ring (bicyclic) bond motifs is 1. The fraction of sp³-hybridized carbons (Fsp3) is 0.471. The summed E-state index contributed by atoms with van der Waals surface area (Å²) in [5.74, 6) is -0.635. The first-order valence-corrected chi connectivity index (χ1v) is 8.05. The lowest BCUT2D eigenvalue weighted by molar-refractivity contribution is 0.00875. The van der Waals surface area contributed by atoms with Gasteiger partial charge in [-0.15, -0.1) is 0 Å². The number of halogens is 1. The second kappa shape index (κ2) is 7.29. The van der Waals surface area contributed by atoms with E-state index in [1.165, 1.54) is 17.0 Å². The number of hydrogen-bond donors (Lipinski definition) is 2. The highest BCUT2D eigenvalue weighted by Gasteiger charge is 2.20. The Labute approximate surface area is 139 Å². The van der Waals surface area contributed by atoms with Crippen LogP contribution in [-0.4, -0.2) is 78.3 Å². The molecule has 0 saturated carbocycles. The topological polar surface area (TPSA) is 68.8 Å². The standard InChI is InChI=1S/C17H22FN3O3/c1-20(10-12(22)11-21-5-7-24-8-6-21)17(23)16-9-13-14(18)3-2-4-15(13)19-16/h2-4,9,12,19,22H,5-8,10-11H2,1H3. The van der Waals surface area contributed by atoms with Crippen LogP contribution in [0, 0.1) is 5.82 Å². The zero-order chi connectivity index (χ0) is 17.1. The Morgan fingerprint density at radius 3 is 2.92 bits per heavy atom. The molecule has 0 radical (unpaired) electrons. The molecule has 1 aromatic carbocycles. The van der Waals surface area contributed by atoms with Gasteiger partial charge in [-0.3, -0.25) is 9.69 Å². The summed E-state index contributed by atoms with van der Waals surface area (Å²) in [4.78, 5) is 19.0. The minimum Gasteiger partial charge on any atom is -0.390 e. The van der Waals surface area contributed by atoms with E-state index in [9.17, 15) is 14.3 Å². The number of β-amino-alcohol motifs (C(OH)–C–C–N with tert-alkyl or cyclic N) is 1. The van der Waals surface area contributed by atoms with Gasteiger partial charge >= 0.3 is 0 Å². The van der Waals surface area contributed by atoms with Crippen molar-refractivity contribution in [1.29, 1.82) is 0 Å². The summed E-state index contributed by atoms with van der Waals surface area (Å²) in [6.45, 7) is 3.63. The van der Waals surface area contributed by atoms with Gasteiger partial charge in [0.15, 0.2) is 0 Å². The predicted molar refractivity (Wildman–Crippen MR) is 88.5 cm³/mol. The van der Waals surface area contributed by atoms with Crippen LogP contribution in [0.25, 0.3) is 10.9 Å². The van der Waals surface area contributed by atoms with Gasteiger partial charge in [0.05, 0.1) is 19.3 Å². The summed E-state index contributed by atoms with van der Waals surface area (Å²) in [5.41, 5.74) is 0.900. The highest BCUT2D eigenvalue weighted by atomic mass is 19.1. The summed E-state index contributed by atoms with van der Waals surface area (Å²) >= 11 is 0. The molecule has 2 aromatic rings. The lowest BCUT2D eigenvalue weighted by Gasteiger charge is -2.30. The molecule has 1 aliphatic heterocycles. The van der Waals surface area contributed by atoms with Crippen molar-refractivity contribution in [2.75, 3.05) is 46.4 Å². The molecule has 2 N–H and O–H groups in total. The van der Waals surface area contributed by atoms with E-state index in [-0.39, 0.29) is 18.3 Å². The average molecular weight is 335 g/mol. The second-order valence-electron chi connectivity index (χ2n) is 6.14. The lowest BCUT2D eigenvalue weighted by atomic mass is 10.2. The number of carbonyl (C=O) groups is 1. The molecule has 2 heterocycles. The van der Waals surface area contributed by atoms with E-state index in [0.717, 1.165) is 13.1 Å². The van der Waals surface area contributed by atoms with E-state index >= 15 is 0 Å². The normalized spacial score (nSPS) is 17.1. The number of carbonyl (C=O) groups excluding carboxylic acids is 1. The first kappa shape index (κ1) is 16.9. The van der Waals surface area contributed by atoms with Gasteiger partial charge in [-0.1, -0.05) is 6.07 Å². The van der Waals surface area contributed by atoms with Crippen LogP contribution in [0.5, 0.6) is 0 Å². The Kier molecular flexibility index (Phi) is 5.13. The molecule has 1 unspecified atom stereocenters. The van der Waals surface area contributed by atoms with Crippen LogP contribution in [0.3, 0.4) is 0 Å². The van der Waals surface area contributed by atoms with Gasteiger partial charge < -0.3 is 19.7 Å². The van der Waals surface area contributed by atoms with E-state index in [0.29, 0.717) is 36.4 Å². The third-order valence-corrected chi connectivity index (χ3v) is 4.25. The third kappa shape index (κ3) is 3.75. The molecule has 1 aliphatic rings. The maximum absolute atomic E-state index is 13.7. The number of rotatable bonds is 5. The number of aliphatic hydroxyl groups is 1. The highest BCUT2D eigenvalue weighted by Crippen LogP contribution is 2.19. The van der Waals surface area contributed by atoms with Crippen molar-refractivity contribution in [2.24, 2.45) is 0 Å². The molecule has 1 saturated heterocycles. The van der Waals surface area contributed by atoms with Crippen LogP contribution in [0.1, 0.15) is 10.5 Å². The zero-order valence-electron chi connectivity index (χ0n) is 13.7. The number of ether oxygens (including phenoxy) is 1. The van der Waals surface area contributed by atoms with Crippen molar-refractivity contribution >= 4 is 16.8 Å². The zero-order valence-corrected chi connectivity index (χ0v) is 13.7. The number of aromatic amines is 1. The van der Waals surface area contributed by atoms with E-state index in [1.807, 2.05) is 0 Å². The molecule has 1 amide bonds. The molecular formula is C17H22FN3O3. The van der Waals surface area contributed by atoms with Gasteiger partial charge in [0.1, 0.15) is 11.5 Å². The predicted octanol–water partition coefficient (Wildman–Crippen LogP) is 1.07. The highest BCUT2D eigenvalue weighted by molar-refractivity contribution is 5.98. The number of nitrogens with one attached hydrogen (secondary N) is 1. The molecule has 1 atom stereocenters. The van der Waals surface area contributed by atoms with Crippen molar-refractivity contribution in [3.05, 3.63) is 35.8 Å². The van der Waals surface area contributed by atoms with Gasteiger partial charge in [-0.2, -0.15) is 0 Å². The molecule has 6 nitrogen and oxygen atoms in total. The number of aliphatic hydroxyl groups excluding tert-OH is 1. The van der Waals surface area contributed by atoms with Crippen molar-refractivity contribution in [3.8, 4) is 0 Å². The summed E-state index contributed by atoms with van der Waals surface area (Å²) in [6, 6.07) is 6.19. The maximum Gasteiger partial charge on any atom is 0.270 e. The summed E-state index contributed by atoms with van der Waals surface area (Å²) in [6.07, 6.45) is -0.641. The SMILES string of the molecule is CN(CC(O)CN1CCOCC1)C(=O)c1cc2c(F)cccc2[nH]1. The minimum atomic E-state index is -0.641. The van der Waals surface area contributed by atoms with E-state index in [4.69, 9.17) is 4.74 Å². The Morgan fingerprint density at radius 1 is 1.46 bits per heavy atom. The number of morpholine rings is 1. The first-order chi connectivity index (χ1) is 11.5. The van der Waals surface area contributed by atoms with Crippen LogP contribution in [0.15, 0.2) is 24.3 Å². The number of aromatic nitrogens is 1. The van der Waals surface area contributed by atoms with Gasteiger partial charge in [0.2, 0.25) is 0 Å². The summed E-state index contributed by atoms with van der Waals surface area (Å²) < 4.78 is 19.0. The molecule has 0 aliphatic carbocycles. The molecular weight excluding hydrogens is 313 g/mol. The Hall–Kier alpha value is -1.96. The van der Waals surface area contributed by atoms with Gasteiger partial charge in [-0.05, 0) is 18.2 Å². The van der Waals surface area contributed by atoms with E-state index < -0.39 is 6.10 Å². The molecule has 1 aromatic heterocycles. The second-order valence-corrected chi connectivity index (χ2v) is 6.14. The van der Waals surface area contributed by atoms with Crippen molar-refractivity contribution in [1.82, 2.24) is 14.8 Å². The number of benzene rings is 1. The fourth-order valence-electron chi connectivity index (χ4n) is 2.98.